The number of benzene rings is 1. The lowest BCUT2D eigenvalue weighted by Crippen LogP contribution is -2.53. The lowest BCUT2D eigenvalue weighted by molar-refractivity contribution is -0.0361. The quantitative estimate of drug-likeness (QED) is 0.778. The average Bonchev–Trinajstić information content (AvgIpc) is 2.81. The fraction of sp³-hybridized carbons (Fsp3) is 0.520. The Kier molecular flexibility index (Phi) is 5.45. The second-order valence-electron chi connectivity index (χ2n) is 9.75. The summed E-state index contributed by atoms with van der Waals surface area (Å²) in [7, 11) is 1.62. The molecule has 7 nitrogen and oxygen atoms in total. The maximum atomic E-state index is 12.9. The molecule has 32 heavy (non-hydrogen) atoms. The third-order valence-electron chi connectivity index (χ3n) is 7.10. The smallest absolute Gasteiger partial charge is 0.407 e. The zero-order valence-electron chi connectivity index (χ0n) is 19.0. The minimum absolute atomic E-state index is 0.0136. The van der Waals surface area contributed by atoms with E-state index in [0.717, 1.165) is 54.9 Å². The molecule has 2 atom stereocenters. The highest BCUT2D eigenvalue weighted by Gasteiger charge is 2.41. The number of pyridine rings is 1. The highest BCUT2D eigenvalue weighted by atomic mass is 16.6. The van der Waals surface area contributed by atoms with E-state index in [2.05, 4.69) is 29.0 Å². The molecule has 3 saturated heterocycles. The Balaban J connectivity index is 1.37. The van der Waals surface area contributed by atoms with E-state index in [0.29, 0.717) is 18.4 Å². The van der Waals surface area contributed by atoms with Crippen LogP contribution in [0.1, 0.15) is 38.3 Å². The summed E-state index contributed by atoms with van der Waals surface area (Å²) in [6.45, 7) is 7.80. The van der Waals surface area contributed by atoms with Crippen molar-refractivity contribution in [2.45, 2.75) is 38.8 Å². The fourth-order valence-corrected chi connectivity index (χ4v) is 5.21. The number of alkyl carbamates (subject to hydrolysis) is 1. The average molecular weight is 438 g/mol. The molecule has 3 fully saturated rings. The number of rotatable bonds is 4. The van der Waals surface area contributed by atoms with Crippen LogP contribution < -0.4 is 14.8 Å². The van der Waals surface area contributed by atoms with Crippen LogP contribution in [0.2, 0.25) is 0 Å². The zero-order chi connectivity index (χ0) is 22.3. The zero-order valence-corrected chi connectivity index (χ0v) is 19.0. The molecule has 0 aliphatic carbocycles. The van der Waals surface area contributed by atoms with E-state index < -0.39 is 0 Å². The number of carbonyl (C=O) groups is 1. The van der Waals surface area contributed by atoms with E-state index in [-0.39, 0.29) is 23.7 Å². The number of methoxy groups -OCH3 is 1. The van der Waals surface area contributed by atoms with Crippen molar-refractivity contribution in [3.05, 3.63) is 42.1 Å². The monoisotopic (exact) mass is 437 g/mol. The summed E-state index contributed by atoms with van der Waals surface area (Å²) >= 11 is 0. The van der Waals surface area contributed by atoms with Crippen LogP contribution >= 0.6 is 0 Å². The number of fused-ring (bicyclic) bond motifs is 4. The minimum Gasteiger partial charge on any atom is -0.493 e. The van der Waals surface area contributed by atoms with Gasteiger partial charge < -0.3 is 19.5 Å². The molecular formula is C25H31N3O4. The summed E-state index contributed by atoms with van der Waals surface area (Å²) in [6, 6.07) is 9.70. The van der Waals surface area contributed by atoms with Gasteiger partial charge in [0.05, 0.1) is 19.8 Å². The molecule has 0 spiro atoms. The lowest BCUT2D eigenvalue weighted by Gasteiger charge is -2.44. The molecule has 1 N–H and O–H groups in total. The molecule has 0 radical (unpaired) electrons. The molecule has 1 unspecified atom stereocenters. The summed E-state index contributed by atoms with van der Waals surface area (Å²) in [4.78, 5) is 19.6. The van der Waals surface area contributed by atoms with Crippen molar-refractivity contribution >= 4 is 6.09 Å². The van der Waals surface area contributed by atoms with Crippen molar-refractivity contribution in [3.63, 3.8) is 0 Å². The SMILES string of the molecule is COc1ncccc1-c1ccc2c(c1)OCC(C)(C)C2NC(=O)O[C@@H]1CN2CCC1CC2. The van der Waals surface area contributed by atoms with Gasteiger partial charge >= 0.3 is 6.09 Å². The largest absolute Gasteiger partial charge is 0.493 e. The van der Waals surface area contributed by atoms with Crippen LogP contribution in [0.5, 0.6) is 11.6 Å². The third-order valence-corrected chi connectivity index (χ3v) is 7.10. The molecule has 170 valence electrons. The van der Waals surface area contributed by atoms with E-state index in [1.807, 2.05) is 30.3 Å². The predicted molar refractivity (Wildman–Crippen MR) is 121 cm³/mol. The Labute approximate surface area is 189 Å². The molecule has 7 heteroatoms. The number of aromatic nitrogens is 1. The third kappa shape index (κ3) is 3.90. The van der Waals surface area contributed by atoms with E-state index in [1.165, 1.54) is 0 Å². The molecule has 1 amide bonds. The molecule has 6 rings (SSSR count). The predicted octanol–water partition coefficient (Wildman–Crippen LogP) is 4.04. The maximum absolute atomic E-state index is 12.9. The standard InChI is InChI=1S/C25H31N3O4/c1-25(2)15-31-20-13-17(18-5-4-10-26-23(18)30-3)6-7-19(20)22(25)27-24(29)32-21-14-28-11-8-16(21)9-12-28/h4-7,10,13,16,21-22H,8-9,11-12,14-15H2,1-3H3,(H,27,29)/t21-,22?/m1/s1. The van der Waals surface area contributed by atoms with Gasteiger partial charge in [0.1, 0.15) is 11.9 Å². The topological polar surface area (TPSA) is 72.9 Å². The summed E-state index contributed by atoms with van der Waals surface area (Å²) in [6.07, 6.45) is 3.59. The Morgan fingerprint density at radius 1 is 1.25 bits per heavy atom. The molecule has 4 aliphatic heterocycles. The van der Waals surface area contributed by atoms with Gasteiger partial charge in [-0.25, -0.2) is 9.78 Å². The van der Waals surface area contributed by atoms with Gasteiger partial charge in [-0.15, -0.1) is 0 Å². The Bertz CT molecular complexity index is 1000. The molecule has 4 aliphatic rings. The summed E-state index contributed by atoms with van der Waals surface area (Å²) < 4.78 is 17.4. The highest BCUT2D eigenvalue weighted by molar-refractivity contribution is 5.72. The Morgan fingerprint density at radius 2 is 2.06 bits per heavy atom. The van der Waals surface area contributed by atoms with Crippen LogP contribution in [-0.2, 0) is 4.74 Å². The van der Waals surface area contributed by atoms with Crippen molar-refractivity contribution in [1.29, 1.82) is 0 Å². The van der Waals surface area contributed by atoms with E-state index >= 15 is 0 Å². The second kappa shape index (κ2) is 8.28. The highest BCUT2D eigenvalue weighted by Crippen LogP contribution is 2.45. The first-order chi connectivity index (χ1) is 15.4. The Morgan fingerprint density at radius 3 is 2.78 bits per heavy atom. The van der Waals surface area contributed by atoms with Gasteiger partial charge in [-0.1, -0.05) is 26.0 Å². The number of carbonyl (C=O) groups excluding carboxylic acids is 1. The first-order valence-corrected chi connectivity index (χ1v) is 11.4. The number of hydrogen-bond acceptors (Lipinski definition) is 6. The van der Waals surface area contributed by atoms with E-state index in [4.69, 9.17) is 14.2 Å². The summed E-state index contributed by atoms with van der Waals surface area (Å²) in [5.41, 5.74) is 2.55. The summed E-state index contributed by atoms with van der Waals surface area (Å²) in [5, 5.41) is 3.16. The number of amides is 1. The van der Waals surface area contributed by atoms with Gasteiger partial charge in [0.25, 0.3) is 0 Å². The second-order valence-corrected chi connectivity index (χ2v) is 9.75. The number of ether oxygens (including phenoxy) is 3. The van der Waals surface area contributed by atoms with Gasteiger partial charge in [0.15, 0.2) is 0 Å². The van der Waals surface area contributed by atoms with Crippen LogP contribution in [0.3, 0.4) is 0 Å². The van der Waals surface area contributed by atoms with Crippen LogP contribution in [0, 0.1) is 11.3 Å². The molecule has 5 heterocycles. The van der Waals surface area contributed by atoms with Gasteiger partial charge in [-0.2, -0.15) is 0 Å². The van der Waals surface area contributed by atoms with Crippen LogP contribution in [0.15, 0.2) is 36.5 Å². The first-order valence-electron chi connectivity index (χ1n) is 11.4. The van der Waals surface area contributed by atoms with Gasteiger partial charge in [-0.3, -0.25) is 4.90 Å². The summed E-state index contributed by atoms with van der Waals surface area (Å²) in [5.74, 6) is 1.82. The maximum Gasteiger partial charge on any atom is 0.407 e. The molecule has 2 aromatic rings. The van der Waals surface area contributed by atoms with Crippen LogP contribution in [0.4, 0.5) is 4.79 Å². The van der Waals surface area contributed by atoms with Crippen molar-refractivity contribution in [2.24, 2.45) is 11.3 Å². The van der Waals surface area contributed by atoms with E-state index in [1.54, 1.807) is 13.3 Å². The number of nitrogens with one attached hydrogen (secondary N) is 1. The fourth-order valence-electron chi connectivity index (χ4n) is 5.21. The number of piperidine rings is 3. The molecule has 1 aromatic carbocycles. The minimum atomic E-state index is -0.340. The van der Waals surface area contributed by atoms with Crippen LogP contribution in [-0.4, -0.2) is 55.4 Å². The first kappa shape index (κ1) is 21.1. The van der Waals surface area contributed by atoms with Crippen molar-refractivity contribution in [3.8, 4) is 22.8 Å². The molecule has 1 aromatic heterocycles. The number of nitrogens with zero attached hydrogens (tertiary/aromatic N) is 2. The van der Waals surface area contributed by atoms with Crippen molar-refractivity contribution in [1.82, 2.24) is 15.2 Å². The van der Waals surface area contributed by atoms with Crippen LogP contribution in [0.25, 0.3) is 11.1 Å². The Hall–Kier alpha value is -2.80. The molecule has 0 saturated carbocycles. The normalized spacial score (nSPS) is 27.7. The van der Waals surface area contributed by atoms with Crippen molar-refractivity contribution in [2.75, 3.05) is 33.4 Å². The molecular weight excluding hydrogens is 406 g/mol. The van der Waals surface area contributed by atoms with Crippen molar-refractivity contribution < 1.29 is 19.0 Å². The van der Waals surface area contributed by atoms with E-state index in [9.17, 15) is 4.79 Å². The van der Waals surface area contributed by atoms with Gasteiger partial charge in [0.2, 0.25) is 5.88 Å². The molecule has 2 bridgehead atoms. The number of hydrogen-bond donors (Lipinski definition) is 1. The van der Waals surface area contributed by atoms with Gasteiger partial charge in [0, 0.05) is 29.3 Å². The van der Waals surface area contributed by atoms with Gasteiger partial charge in [-0.05, 0) is 55.6 Å². The lowest BCUT2D eigenvalue weighted by atomic mass is 9.78.